The van der Waals surface area contributed by atoms with E-state index in [4.69, 9.17) is 5.73 Å². The largest absolute Gasteiger partial charge is 0.381 e. The lowest BCUT2D eigenvalue weighted by Crippen LogP contribution is -2.41. The molecule has 1 atom stereocenters. The summed E-state index contributed by atoms with van der Waals surface area (Å²) in [6, 6.07) is 8.32. The van der Waals surface area contributed by atoms with E-state index in [1.807, 2.05) is 36.0 Å². The highest BCUT2D eigenvalue weighted by atomic mass is 32.2. The smallest absolute Gasteiger partial charge is 0.172 e. The van der Waals surface area contributed by atoms with Gasteiger partial charge < -0.3 is 10.6 Å². The first kappa shape index (κ1) is 11.6. The number of thioether (sulfide) groups is 1. The summed E-state index contributed by atoms with van der Waals surface area (Å²) in [5.74, 6) is 3.61. The van der Waals surface area contributed by atoms with Crippen LogP contribution in [0.25, 0.3) is 11.0 Å². The van der Waals surface area contributed by atoms with E-state index >= 15 is 0 Å². The molecule has 1 saturated heterocycles. The fraction of sp³-hybridized carbons (Fsp3) is 0.385. The minimum absolute atomic E-state index is 0.460. The third-order valence-electron chi connectivity index (χ3n) is 3.22. The van der Waals surface area contributed by atoms with Crippen LogP contribution in [-0.4, -0.2) is 34.1 Å². The molecule has 0 amide bonds. The molecule has 2 N–H and O–H groups in total. The zero-order valence-corrected chi connectivity index (χ0v) is 11.2. The predicted octanol–water partition coefficient (Wildman–Crippen LogP) is 2.15. The first-order chi connectivity index (χ1) is 8.75. The van der Waals surface area contributed by atoms with Gasteiger partial charge in [-0.2, -0.15) is 11.8 Å². The number of hydrogen-bond donors (Lipinski definition) is 1. The molecule has 1 aliphatic rings. The number of para-hydroxylation sites is 2. The maximum atomic E-state index is 6.06. The van der Waals surface area contributed by atoms with Gasteiger partial charge in [-0.25, -0.2) is 9.97 Å². The third-order valence-corrected chi connectivity index (χ3v) is 4.41. The summed E-state index contributed by atoms with van der Waals surface area (Å²) >= 11 is 1.98. The van der Waals surface area contributed by atoms with Crippen molar-refractivity contribution in [3.8, 4) is 0 Å². The minimum atomic E-state index is 0.460. The van der Waals surface area contributed by atoms with Gasteiger partial charge in [0.2, 0.25) is 0 Å². The summed E-state index contributed by atoms with van der Waals surface area (Å²) in [5, 5.41) is 0. The highest BCUT2D eigenvalue weighted by Crippen LogP contribution is 2.27. The van der Waals surface area contributed by atoms with Gasteiger partial charge in [0.1, 0.15) is 0 Å². The molecule has 1 aromatic heterocycles. The first-order valence-electron chi connectivity index (χ1n) is 6.12. The molecule has 0 spiro atoms. The molecule has 1 unspecified atom stereocenters. The average Bonchev–Trinajstić information content (AvgIpc) is 2.39. The molecular formula is C13H16N4S. The lowest BCUT2D eigenvalue weighted by atomic mass is 10.2. The van der Waals surface area contributed by atoms with E-state index in [1.54, 1.807) is 0 Å². The molecule has 0 radical (unpaired) electrons. The van der Waals surface area contributed by atoms with Gasteiger partial charge in [0.25, 0.3) is 0 Å². The number of hydrogen-bond acceptors (Lipinski definition) is 5. The minimum Gasteiger partial charge on any atom is -0.381 e. The Balaban J connectivity index is 2.07. The fourth-order valence-electron chi connectivity index (χ4n) is 2.26. The van der Waals surface area contributed by atoms with Crippen molar-refractivity contribution in [3.05, 3.63) is 24.3 Å². The number of anilines is 2. The number of nitrogens with zero attached hydrogens (tertiary/aromatic N) is 3. The van der Waals surface area contributed by atoms with Crippen LogP contribution in [0.2, 0.25) is 0 Å². The van der Waals surface area contributed by atoms with Crippen LogP contribution in [0.1, 0.15) is 6.92 Å². The maximum absolute atomic E-state index is 6.06. The topological polar surface area (TPSA) is 55.0 Å². The van der Waals surface area contributed by atoms with Crippen LogP contribution in [0, 0.1) is 0 Å². The number of rotatable bonds is 1. The molecule has 18 heavy (non-hydrogen) atoms. The van der Waals surface area contributed by atoms with Crippen molar-refractivity contribution in [1.29, 1.82) is 0 Å². The quantitative estimate of drug-likeness (QED) is 0.851. The molecule has 94 valence electrons. The lowest BCUT2D eigenvalue weighted by Gasteiger charge is -2.34. The lowest BCUT2D eigenvalue weighted by molar-refractivity contribution is 0.691. The van der Waals surface area contributed by atoms with Crippen molar-refractivity contribution in [1.82, 2.24) is 9.97 Å². The van der Waals surface area contributed by atoms with Gasteiger partial charge in [-0.15, -0.1) is 0 Å². The fourth-order valence-corrected chi connectivity index (χ4v) is 3.27. The maximum Gasteiger partial charge on any atom is 0.172 e. The molecule has 0 aliphatic carbocycles. The molecule has 2 aromatic rings. The van der Waals surface area contributed by atoms with Crippen LogP contribution in [0.4, 0.5) is 11.6 Å². The van der Waals surface area contributed by atoms with Gasteiger partial charge in [0.05, 0.1) is 11.0 Å². The highest BCUT2D eigenvalue weighted by molar-refractivity contribution is 7.99. The van der Waals surface area contributed by atoms with E-state index in [0.29, 0.717) is 11.9 Å². The number of nitrogen functional groups attached to an aromatic ring is 1. The predicted molar refractivity (Wildman–Crippen MR) is 78.1 cm³/mol. The van der Waals surface area contributed by atoms with Crippen LogP contribution in [0.15, 0.2) is 24.3 Å². The van der Waals surface area contributed by atoms with Crippen molar-refractivity contribution in [3.63, 3.8) is 0 Å². The Bertz CT molecular complexity index is 572. The molecule has 0 bridgehead atoms. The summed E-state index contributed by atoms with van der Waals surface area (Å²) in [6.07, 6.45) is 0. The average molecular weight is 260 g/mol. The molecule has 3 rings (SSSR count). The van der Waals surface area contributed by atoms with Crippen molar-refractivity contribution in [2.75, 3.05) is 28.7 Å². The molecule has 0 saturated carbocycles. The third kappa shape index (κ3) is 1.99. The second-order valence-electron chi connectivity index (χ2n) is 4.54. The summed E-state index contributed by atoms with van der Waals surface area (Å²) in [6.45, 7) is 3.20. The Labute approximate surface area is 111 Å². The number of aromatic nitrogens is 2. The Hall–Kier alpha value is -1.49. The van der Waals surface area contributed by atoms with Gasteiger partial charge in [0, 0.05) is 24.1 Å². The molecule has 4 nitrogen and oxygen atoms in total. The normalized spacial score (nSPS) is 20.3. The zero-order chi connectivity index (χ0) is 12.5. The molecule has 5 heteroatoms. The number of fused-ring (bicyclic) bond motifs is 1. The molecule has 2 heterocycles. The summed E-state index contributed by atoms with van der Waals surface area (Å²) in [4.78, 5) is 11.4. The number of benzene rings is 1. The summed E-state index contributed by atoms with van der Waals surface area (Å²) in [7, 11) is 0. The van der Waals surface area contributed by atoms with E-state index in [1.165, 1.54) is 0 Å². The summed E-state index contributed by atoms with van der Waals surface area (Å²) < 4.78 is 0. The molecular weight excluding hydrogens is 244 g/mol. The van der Waals surface area contributed by atoms with Crippen LogP contribution < -0.4 is 10.6 Å². The van der Waals surface area contributed by atoms with E-state index in [0.717, 1.165) is 34.9 Å². The monoisotopic (exact) mass is 260 g/mol. The highest BCUT2D eigenvalue weighted by Gasteiger charge is 2.22. The number of nitrogens with two attached hydrogens (primary N) is 1. The van der Waals surface area contributed by atoms with E-state index in [9.17, 15) is 0 Å². The Kier molecular flexibility index (Phi) is 2.99. The molecule has 1 aliphatic heterocycles. The second-order valence-corrected chi connectivity index (χ2v) is 5.69. The molecule has 1 fully saturated rings. The van der Waals surface area contributed by atoms with Crippen molar-refractivity contribution in [2.24, 2.45) is 0 Å². The van der Waals surface area contributed by atoms with Crippen LogP contribution >= 0.6 is 11.8 Å². The standard InChI is InChI=1S/C13H16N4S/c1-9-8-18-7-6-17(9)13-12(14)15-10-4-2-3-5-11(10)16-13/h2-5,9H,6-8H2,1H3,(H2,14,15). The Morgan fingerprint density at radius 3 is 2.72 bits per heavy atom. The molecule has 1 aromatic carbocycles. The SMILES string of the molecule is CC1CSCCN1c1nc2ccccc2nc1N. The Morgan fingerprint density at radius 1 is 1.28 bits per heavy atom. The van der Waals surface area contributed by atoms with E-state index in [2.05, 4.69) is 21.8 Å². The van der Waals surface area contributed by atoms with Crippen LogP contribution in [0.5, 0.6) is 0 Å². The van der Waals surface area contributed by atoms with Crippen molar-refractivity contribution >= 4 is 34.4 Å². The zero-order valence-electron chi connectivity index (χ0n) is 10.3. The van der Waals surface area contributed by atoms with Gasteiger partial charge in [0.15, 0.2) is 11.6 Å². The first-order valence-corrected chi connectivity index (χ1v) is 7.28. The van der Waals surface area contributed by atoms with Crippen molar-refractivity contribution in [2.45, 2.75) is 13.0 Å². The van der Waals surface area contributed by atoms with E-state index < -0.39 is 0 Å². The summed E-state index contributed by atoms with van der Waals surface area (Å²) in [5.41, 5.74) is 7.83. The van der Waals surface area contributed by atoms with Crippen molar-refractivity contribution < 1.29 is 0 Å². The van der Waals surface area contributed by atoms with Gasteiger partial charge in [-0.05, 0) is 19.1 Å². The van der Waals surface area contributed by atoms with Gasteiger partial charge >= 0.3 is 0 Å². The van der Waals surface area contributed by atoms with E-state index in [-0.39, 0.29) is 0 Å². The second kappa shape index (κ2) is 4.65. The van der Waals surface area contributed by atoms with Crippen LogP contribution in [0.3, 0.4) is 0 Å². The van der Waals surface area contributed by atoms with Gasteiger partial charge in [-0.3, -0.25) is 0 Å². The van der Waals surface area contributed by atoms with Gasteiger partial charge in [-0.1, -0.05) is 12.1 Å². The Morgan fingerprint density at radius 2 is 2.00 bits per heavy atom. The van der Waals surface area contributed by atoms with Crippen LogP contribution in [-0.2, 0) is 0 Å².